The van der Waals surface area contributed by atoms with Crippen LogP contribution in [0.5, 0.6) is 0 Å². The van der Waals surface area contributed by atoms with Gasteiger partial charge in [0, 0.05) is 40.7 Å². The van der Waals surface area contributed by atoms with Crippen molar-refractivity contribution in [1.29, 1.82) is 0 Å². The summed E-state index contributed by atoms with van der Waals surface area (Å²) >= 11 is 0. The van der Waals surface area contributed by atoms with Crippen LogP contribution in [0.2, 0.25) is 0 Å². The predicted octanol–water partition coefficient (Wildman–Crippen LogP) is 3.99. The number of nitrogens with one attached hydrogen (secondary N) is 2. The minimum Gasteiger partial charge on any atom is -0.358 e. The van der Waals surface area contributed by atoms with Crippen molar-refractivity contribution in [3.8, 4) is 0 Å². The summed E-state index contributed by atoms with van der Waals surface area (Å²) in [6, 6.07) is 13.1. The van der Waals surface area contributed by atoms with Crippen LogP contribution < -0.4 is 5.32 Å². The highest BCUT2D eigenvalue weighted by Gasteiger charge is 2.40. The number of H-pyrrole nitrogens is 1. The Bertz CT molecular complexity index is 1270. The topological polar surface area (TPSA) is 82.3 Å². The average molecular weight is 428 g/mol. The van der Waals surface area contributed by atoms with E-state index < -0.39 is 0 Å². The SMILES string of the molecule is O=C(NC1Cc2[nH]c3ccccc3c2C1)c1ccc2c(c1)C(=O)N(C1CCCCC1)C2=O. The van der Waals surface area contributed by atoms with Gasteiger partial charge in [0.1, 0.15) is 0 Å². The number of hydrogen-bond acceptors (Lipinski definition) is 3. The smallest absolute Gasteiger partial charge is 0.261 e. The fraction of sp³-hybridized carbons (Fsp3) is 0.346. The van der Waals surface area contributed by atoms with Gasteiger partial charge in [-0.2, -0.15) is 0 Å². The number of para-hydroxylation sites is 1. The number of fused-ring (bicyclic) bond motifs is 4. The predicted molar refractivity (Wildman–Crippen MR) is 121 cm³/mol. The number of carbonyl (C=O) groups excluding carboxylic acids is 3. The van der Waals surface area contributed by atoms with Crippen LogP contribution in [-0.4, -0.2) is 39.7 Å². The van der Waals surface area contributed by atoms with Gasteiger partial charge in [-0.25, -0.2) is 0 Å². The molecule has 2 heterocycles. The number of nitrogens with zero attached hydrogens (tertiary/aromatic N) is 1. The summed E-state index contributed by atoms with van der Waals surface area (Å²) in [6.45, 7) is 0. The van der Waals surface area contributed by atoms with Crippen molar-refractivity contribution < 1.29 is 14.4 Å². The number of amides is 3. The second-order valence-electron chi connectivity index (χ2n) is 9.24. The van der Waals surface area contributed by atoms with Gasteiger partial charge >= 0.3 is 0 Å². The molecule has 6 rings (SSSR count). The van der Waals surface area contributed by atoms with Gasteiger partial charge in [-0.3, -0.25) is 19.3 Å². The van der Waals surface area contributed by atoms with E-state index in [1.807, 2.05) is 12.1 Å². The molecule has 32 heavy (non-hydrogen) atoms. The second kappa shape index (κ2) is 7.33. The van der Waals surface area contributed by atoms with Gasteiger partial charge in [0.15, 0.2) is 0 Å². The summed E-state index contributed by atoms with van der Waals surface area (Å²) < 4.78 is 0. The Morgan fingerprint density at radius 3 is 2.56 bits per heavy atom. The molecule has 3 amide bonds. The van der Waals surface area contributed by atoms with Gasteiger partial charge in [-0.1, -0.05) is 37.5 Å². The lowest BCUT2D eigenvalue weighted by Crippen LogP contribution is -2.40. The number of hydrogen-bond donors (Lipinski definition) is 2. The molecule has 0 bridgehead atoms. The number of rotatable bonds is 3. The molecule has 0 spiro atoms. The van der Waals surface area contributed by atoms with Crippen LogP contribution in [0, 0.1) is 0 Å². The molecule has 1 saturated carbocycles. The normalized spacial score (nSPS) is 20.6. The fourth-order valence-electron chi connectivity index (χ4n) is 5.67. The molecule has 6 heteroatoms. The summed E-state index contributed by atoms with van der Waals surface area (Å²) in [4.78, 5) is 43.8. The number of imide groups is 1. The van der Waals surface area contributed by atoms with E-state index >= 15 is 0 Å². The van der Waals surface area contributed by atoms with Crippen molar-refractivity contribution in [3.63, 3.8) is 0 Å². The largest absolute Gasteiger partial charge is 0.358 e. The lowest BCUT2D eigenvalue weighted by Gasteiger charge is -2.29. The van der Waals surface area contributed by atoms with E-state index in [0.29, 0.717) is 16.7 Å². The zero-order valence-electron chi connectivity index (χ0n) is 17.8. The van der Waals surface area contributed by atoms with E-state index in [1.54, 1.807) is 18.2 Å². The third-order valence-electron chi connectivity index (χ3n) is 7.26. The first-order valence-electron chi connectivity index (χ1n) is 11.5. The van der Waals surface area contributed by atoms with Crippen molar-refractivity contribution in [2.24, 2.45) is 0 Å². The minimum atomic E-state index is -0.256. The Morgan fingerprint density at radius 1 is 0.938 bits per heavy atom. The highest BCUT2D eigenvalue weighted by atomic mass is 16.2. The standard InChI is InChI=1S/C26H25N3O3/c30-24(27-16-13-20-18-8-4-5-9-22(18)28-23(20)14-16)15-10-11-19-21(12-15)26(32)29(25(19)31)17-6-2-1-3-7-17/h4-5,8-12,16-17,28H,1-3,6-7,13-14H2,(H,27,30). The number of carbonyl (C=O) groups is 3. The first kappa shape index (κ1) is 19.3. The van der Waals surface area contributed by atoms with E-state index in [0.717, 1.165) is 50.5 Å². The molecule has 3 aliphatic rings. The van der Waals surface area contributed by atoms with Gasteiger partial charge in [0.2, 0.25) is 0 Å². The van der Waals surface area contributed by atoms with Crippen molar-refractivity contribution in [2.75, 3.05) is 0 Å². The lowest BCUT2D eigenvalue weighted by atomic mass is 9.94. The molecule has 1 aliphatic heterocycles. The molecule has 2 aliphatic carbocycles. The highest BCUT2D eigenvalue weighted by Crippen LogP contribution is 2.32. The van der Waals surface area contributed by atoms with Gasteiger partial charge in [-0.15, -0.1) is 0 Å². The van der Waals surface area contributed by atoms with Crippen LogP contribution in [0.15, 0.2) is 42.5 Å². The van der Waals surface area contributed by atoms with Crippen molar-refractivity contribution >= 4 is 28.6 Å². The molecule has 1 atom stereocenters. The van der Waals surface area contributed by atoms with Crippen LogP contribution in [0.4, 0.5) is 0 Å². The molecule has 2 N–H and O–H groups in total. The summed E-state index contributed by atoms with van der Waals surface area (Å²) in [6.07, 6.45) is 6.53. The third kappa shape index (κ3) is 2.97. The molecule has 1 aromatic heterocycles. The molecule has 1 unspecified atom stereocenters. The van der Waals surface area contributed by atoms with Gasteiger partial charge in [0.25, 0.3) is 17.7 Å². The Hall–Kier alpha value is -3.41. The molecule has 1 fully saturated rings. The van der Waals surface area contributed by atoms with Crippen molar-refractivity contribution in [2.45, 2.75) is 57.0 Å². The van der Waals surface area contributed by atoms with Crippen LogP contribution >= 0.6 is 0 Å². The molecular weight excluding hydrogens is 402 g/mol. The summed E-state index contributed by atoms with van der Waals surface area (Å²) in [5.74, 6) is -0.678. The highest BCUT2D eigenvalue weighted by molar-refractivity contribution is 6.22. The van der Waals surface area contributed by atoms with Crippen LogP contribution in [-0.2, 0) is 12.8 Å². The maximum absolute atomic E-state index is 13.0. The van der Waals surface area contributed by atoms with Crippen LogP contribution in [0.1, 0.15) is 74.4 Å². The first-order valence-corrected chi connectivity index (χ1v) is 11.5. The molecule has 6 nitrogen and oxygen atoms in total. The monoisotopic (exact) mass is 427 g/mol. The zero-order chi connectivity index (χ0) is 21.8. The molecule has 162 valence electrons. The van der Waals surface area contributed by atoms with E-state index in [9.17, 15) is 14.4 Å². The maximum atomic E-state index is 13.0. The van der Waals surface area contributed by atoms with E-state index in [2.05, 4.69) is 22.4 Å². The van der Waals surface area contributed by atoms with Crippen LogP contribution in [0.3, 0.4) is 0 Å². The van der Waals surface area contributed by atoms with Gasteiger partial charge < -0.3 is 10.3 Å². The molecule has 2 aromatic carbocycles. The van der Waals surface area contributed by atoms with Gasteiger partial charge in [-0.05, 0) is 49.1 Å². The summed E-state index contributed by atoms with van der Waals surface area (Å²) in [7, 11) is 0. The third-order valence-corrected chi connectivity index (χ3v) is 7.26. The number of aromatic nitrogens is 1. The van der Waals surface area contributed by atoms with Gasteiger partial charge in [0.05, 0.1) is 11.1 Å². The number of aromatic amines is 1. The van der Waals surface area contributed by atoms with Crippen LogP contribution in [0.25, 0.3) is 10.9 Å². The quantitative estimate of drug-likeness (QED) is 0.620. The van der Waals surface area contributed by atoms with E-state index in [4.69, 9.17) is 0 Å². The van der Waals surface area contributed by atoms with E-state index in [1.165, 1.54) is 21.5 Å². The molecular formula is C26H25N3O3. The first-order chi connectivity index (χ1) is 15.6. The zero-order valence-corrected chi connectivity index (χ0v) is 17.8. The minimum absolute atomic E-state index is 0.0117. The number of benzene rings is 2. The molecule has 0 radical (unpaired) electrons. The Morgan fingerprint density at radius 2 is 1.72 bits per heavy atom. The Kier molecular flexibility index (Phi) is 4.42. The summed E-state index contributed by atoms with van der Waals surface area (Å²) in [5, 5.41) is 4.33. The maximum Gasteiger partial charge on any atom is 0.261 e. The summed E-state index contributed by atoms with van der Waals surface area (Å²) in [5.41, 5.74) is 4.77. The second-order valence-corrected chi connectivity index (χ2v) is 9.24. The Labute approximate surface area is 186 Å². The van der Waals surface area contributed by atoms with Crippen molar-refractivity contribution in [3.05, 3.63) is 70.4 Å². The lowest BCUT2D eigenvalue weighted by molar-refractivity contribution is 0.0548. The van der Waals surface area contributed by atoms with Crippen molar-refractivity contribution in [1.82, 2.24) is 15.2 Å². The fourth-order valence-corrected chi connectivity index (χ4v) is 5.67. The average Bonchev–Trinajstić information content (AvgIpc) is 3.43. The molecule has 0 saturated heterocycles. The van der Waals surface area contributed by atoms with E-state index in [-0.39, 0.29) is 29.8 Å². The molecule has 3 aromatic rings. The Balaban J connectivity index is 1.19.